The Bertz CT molecular complexity index is 571. The molecule has 1 N–H and O–H groups in total. The average Bonchev–Trinajstić information content (AvgIpc) is 2.72. The van der Waals surface area contributed by atoms with E-state index < -0.39 is 9.84 Å². The number of nitrogens with one attached hydrogen (secondary N) is 1. The van der Waals surface area contributed by atoms with E-state index in [1.54, 1.807) is 0 Å². The Morgan fingerprint density at radius 1 is 1.45 bits per heavy atom. The van der Waals surface area contributed by atoms with Crippen LogP contribution in [0.5, 0.6) is 0 Å². The van der Waals surface area contributed by atoms with Crippen molar-refractivity contribution in [3.8, 4) is 0 Å². The van der Waals surface area contributed by atoms with Gasteiger partial charge in [-0.15, -0.1) is 0 Å². The van der Waals surface area contributed by atoms with E-state index in [1.165, 1.54) is 5.56 Å². The first kappa shape index (κ1) is 15.8. The highest BCUT2D eigenvalue weighted by Gasteiger charge is 2.34. The Morgan fingerprint density at radius 2 is 2.20 bits per heavy atom. The number of halogens is 1. The molecule has 3 nitrogen and oxygen atoms in total. The van der Waals surface area contributed by atoms with E-state index >= 15 is 0 Å². The van der Waals surface area contributed by atoms with Gasteiger partial charge in [-0.25, -0.2) is 8.42 Å². The molecule has 1 fully saturated rings. The third kappa shape index (κ3) is 3.74. The third-order valence-corrected chi connectivity index (χ3v) is 5.95. The molecule has 0 aromatic heterocycles. The number of hydrogen-bond donors (Lipinski definition) is 1. The zero-order valence-electron chi connectivity index (χ0n) is 12.0. The SMILES string of the molecule is CCCNC(c1ccc(Cl)cc1C)C1CCS(=O)(=O)C1. The van der Waals surface area contributed by atoms with Crippen LogP contribution in [-0.4, -0.2) is 26.5 Å². The monoisotopic (exact) mass is 315 g/mol. The molecule has 1 heterocycles. The van der Waals surface area contributed by atoms with Crippen LogP contribution in [0.3, 0.4) is 0 Å². The quantitative estimate of drug-likeness (QED) is 0.908. The molecule has 0 radical (unpaired) electrons. The second-order valence-corrected chi connectivity index (χ2v) is 8.26. The molecule has 1 saturated heterocycles. The molecule has 0 bridgehead atoms. The molecular formula is C15H22ClNO2S. The lowest BCUT2D eigenvalue weighted by Gasteiger charge is -2.26. The van der Waals surface area contributed by atoms with E-state index in [4.69, 9.17) is 11.6 Å². The predicted molar refractivity (Wildman–Crippen MR) is 84.0 cm³/mol. The van der Waals surface area contributed by atoms with E-state index in [0.717, 1.165) is 30.0 Å². The number of sulfone groups is 1. The van der Waals surface area contributed by atoms with Gasteiger partial charge in [-0.2, -0.15) is 0 Å². The Balaban J connectivity index is 2.27. The van der Waals surface area contributed by atoms with E-state index in [1.807, 2.05) is 25.1 Å². The summed E-state index contributed by atoms with van der Waals surface area (Å²) in [7, 11) is -2.86. The normalized spacial score (nSPS) is 22.9. The van der Waals surface area contributed by atoms with Crippen molar-refractivity contribution in [3.05, 3.63) is 34.3 Å². The van der Waals surface area contributed by atoms with E-state index in [0.29, 0.717) is 5.75 Å². The molecule has 0 aliphatic carbocycles. The average molecular weight is 316 g/mol. The summed E-state index contributed by atoms with van der Waals surface area (Å²) in [6, 6.07) is 5.95. The standard InChI is InChI=1S/C15H22ClNO2S/c1-3-7-17-15(12-6-8-20(18,19)10-12)14-5-4-13(16)9-11(14)2/h4-5,9,12,15,17H,3,6-8,10H2,1-2H3. The van der Waals surface area contributed by atoms with E-state index in [2.05, 4.69) is 12.2 Å². The van der Waals surface area contributed by atoms with Crippen LogP contribution in [0.25, 0.3) is 0 Å². The topological polar surface area (TPSA) is 46.2 Å². The lowest BCUT2D eigenvalue weighted by Crippen LogP contribution is -2.30. The summed E-state index contributed by atoms with van der Waals surface area (Å²) in [5.41, 5.74) is 2.29. The molecule has 20 heavy (non-hydrogen) atoms. The van der Waals surface area contributed by atoms with Crippen molar-refractivity contribution in [2.45, 2.75) is 32.7 Å². The Hall–Kier alpha value is -0.580. The highest BCUT2D eigenvalue weighted by atomic mass is 35.5. The van der Waals surface area contributed by atoms with Crippen molar-refractivity contribution in [1.29, 1.82) is 0 Å². The van der Waals surface area contributed by atoms with Gasteiger partial charge >= 0.3 is 0 Å². The lowest BCUT2D eigenvalue weighted by molar-refractivity contribution is 0.391. The van der Waals surface area contributed by atoms with Crippen molar-refractivity contribution in [2.75, 3.05) is 18.1 Å². The highest BCUT2D eigenvalue weighted by Crippen LogP contribution is 2.33. The van der Waals surface area contributed by atoms with Gasteiger partial charge in [-0.1, -0.05) is 24.6 Å². The summed E-state index contributed by atoms with van der Waals surface area (Å²) >= 11 is 6.01. The fourth-order valence-corrected chi connectivity index (χ4v) is 4.97. The van der Waals surface area contributed by atoms with Crippen LogP contribution in [0.4, 0.5) is 0 Å². The van der Waals surface area contributed by atoms with Crippen molar-refractivity contribution in [2.24, 2.45) is 5.92 Å². The Kier molecular flexibility index (Phi) is 5.10. The second-order valence-electron chi connectivity index (χ2n) is 5.60. The van der Waals surface area contributed by atoms with Crippen LogP contribution in [0.2, 0.25) is 5.02 Å². The zero-order chi connectivity index (χ0) is 14.8. The predicted octanol–water partition coefficient (Wildman–Crippen LogP) is 3.12. The van der Waals surface area contributed by atoms with Crippen LogP contribution < -0.4 is 5.32 Å². The van der Waals surface area contributed by atoms with E-state index in [9.17, 15) is 8.42 Å². The summed E-state index contributed by atoms with van der Waals surface area (Å²) in [5.74, 6) is 0.761. The van der Waals surface area contributed by atoms with Gasteiger partial charge in [0.25, 0.3) is 0 Å². The van der Waals surface area contributed by atoms with Gasteiger partial charge in [0.05, 0.1) is 11.5 Å². The molecule has 1 aliphatic rings. The number of aryl methyl sites for hydroxylation is 1. The molecule has 0 saturated carbocycles. The summed E-state index contributed by atoms with van der Waals surface area (Å²) in [4.78, 5) is 0. The molecule has 1 aromatic carbocycles. The minimum atomic E-state index is -2.86. The van der Waals surface area contributed by atoms with Gasteiger partial charge in [0.2, 0.25) is 0 Å². The fourth-order valence-electron chi connectivity index (χ4n) is 2.91. The molecule has 5 heteroatoms. The lowest BCUT2D eigenvalue weighted by atomic mass is 9.90. The fraction of sp³-hybridized carbons (Fsp3) is 0.600. The Labute approximate surface area is 126 Å². The molecule has 2 rings (SSSR count). The molecule has 2 unspecified atom stereocenters. The second kappa shape index (κ2) is 6.46. The third-order valence-electron chi connectivity index (χ3n) is 3.92. The summed E-state index contributed by atoms with van der Waals surface area (Å²) in [5, 5.41) is 4.24. The summed E-state index contributed by atoms with van der Waals surface area (Å²) in [6.45, 7) is 5.04. The van der Waals surface area contributed by atoms with Crippen molar-refractivity contribution >= 4 is 21.4 Å². The van der Waals surface area contributed by atoms with Crippen LogP contribution in [-0.2, 0) is 9.84 Å². The Morgan fingerprint density at radius 3 is 2.75 bits per heavy atom. The molecule has 1 aliphatic heterocycles. The van der Waals surface area contributed by atoms with Gasteiger partial charge < -0.3 is 5.32 Å². The first-order valence-electron chi connectivity index (χ1n) is 7.13. The maximum Gasteiger partial charge on any atom is 0.150 e. The van der Waals surface area contributed by atoms with Gasteiger partial charge in [0, 0.05) is 11.1 Å². The van der Waals surface area contributed by atoms with Gasteiger partial charge in [0.15, 0.2) is 9.84 Å². The van der Waals surface area contributed by atoms with Crippen LogP contribution in [0, 0.1) is 12.8 Å². The maximum atomic E-state index is 11.7. The molecule has 112 valence electrons. The maximum absolute atomic E-state index is 11.7. The molecule has 0 spiro atoms. The van der Waals surface area contributed by atoms with Crippen molar-refractivity contribution in [3.63, 3.8) is 0 Å². The molecule has 2 atom stereocenters. The minimum Gasteiger partial charge on any atom is -0.310 e. The number of rotatable bonds is 5. The van der Waals surface area contributed by atoms with E-state index in [-0.39, 0.29) is 17.7 Å². The van der Waals surface area contributed by atoms with Crippen LogP contribution >= 0.6 is 11.6 Å². The van der Waals surface area contributed by atoms with Crippen LogP contribution in [0.1, 0.15) is 36.9 Å². The first-order chi connectivity index (χ1) is 9.43. The largest absolute Gasteiger partial charge is 0.310 e. The summed E-state index contributed by atoms with van der Waals surface area (Å²) in [6.07, 6.45) is 1.77. The zero-order valence-corrected chi connectivity index (χ0v) is 13.6. The van der Waals surface area contributed by atoms with Gasteiger partial charge in [-0.3, -0.25) is 0 Å². The summed E-state index contributed by atoms with van der Waals surface area (Å²) < 4.78 is 23.5. The molecule has 0 amide bonds. The number of hydrogen-bond acceptors (Lipinski definition) is 3. The number of benzene rings is 1. The van der Waals surface area contributed by atoms with Crippen LogP contribution in [0.15, 0.2) is 18.2 Å². The molecule has 1 aromatic rings. The van der Waals surface area contributed by atoms with Gasteiger partial charge in [0.1, 0.15) is 0 Å². The minimum absolute atomic E-state index is 0.101. The smallest absolute Gasteiger partial charge is 0.150 e. The highest BCUT2D eigenvalue weighted by molar-refractivity contribution is 7.91. The molecular weight excluding hydrogens is 294 g/mol. The van der Waals surface area contributed by atoms with Gasteiger partial charge in [-0.05, 0) is 55.5 Å². The first-order valence-corrected chi connectivity index (χ1v) is 9.32. The van der Waals surface area contributed by atoms with Crippen molar-refractivity contribution in [1.82, 2.24) is 5.32 Å². The van der Waals surface area contributed by atoms with Crippen molar-refractivity contribution < 1.29 is 8.42 Å².